The molecule has 2 amide bonds. The van der Waals surface area contributed by atoms with Gasteiger partial charge in [0.2, 0.25) is 5.91 Å². The van der Waals surface area contributed by atoms with E-state index in [1.807, 2.05) is 48.7 Å². The van der Waals surface area contributed by atoms with Gasteiger partial charge in [0.15, 0.2) is 0 Å². The van der Waals surface area contributed by atoms with E-state index in [9.17, 15) is 9.59 Å². The first-order valence-electron chi connectivity index (χ1n) is 10.2. The molecule has 1 aromatic heterocycles. The highest BCUT2D eigenvalue weighted by Gasteiger charge is 2.30. The second-order valence-corrected chi connectivity index (χ2v) is 7.87. The fourth-order valence-corrected chi connectivity index (χ4v) is 4.52. The summed E-state index contributed by atoms with van der Waals surface area (Å²) in [6.45, 7) is 1.78. The van der Waals surface area contributed by atoms with Gasteiger partial charge in [-0.1, -0.05) is 12.1 Å². The molecular formula is C23H23N5O2. The first-order chi connectivity index (χ1) is 14.6. The molecule has 1 atom stereocenters. The van der Waals surface area contributed by atoms with Crippen LogP contribution < -0.4 is 16.0 Å². The molecule has 3 N–H and O–H groups in total. The third-order valence-corrected chi connectivity index (χ3v) is 5.96. The smallest absolute Gasteiger partial charge is 0.250 e. The van der Waals surface area contributed by atoms with E-state index >= 15 is 0 Å². The van der Waals surface area contributed by atoms with Crippen LogP contribution >= 0.6 is 0 Å². The van der Waals surface area contributed by atoms with E-state index in [0.717, 1.165) is 54.1 Å². The zero-order valence-electron chi connectivity index (χ0n) is 16.5. The Morgan fingerprint density at radius 3 is 2.70 bits per heavy atom. The Balaban J connectivity index is 1.61. The molecule has 1 fully saturated rings. The topological polar surface area (TPSA) is 93.3 Å². The van der Waals surface area contributed by atoms with Crippen molar-refractivity contribution in [2.24, 2.45) is 5.73 Å². The third kappa shape index (κ3) is 3.22. The van der Waals surface area contributed by atoms with Crippen LogP contribution in [0.15, 0.2) is 54.9 Å². The Morgan fingerprint density at radius 2 is 1.97 bits per heavy atom. The predicted molar refractivity (Wildman–Crippen MR) is 115 cm³/mol. The minimum atomic E-state index is -0.444. The van der Waals surface area contributed by atoms with Crippen molar-refractivity contribution >= 4 is 23.2 Å². The number of carbonyl (C=O) groups is 2. The monoisotopic (exact) mass is 401 g/mol. The van der Waals surface area contributed by atoms with Crippen molar-refractivity contribution in [1.82, 2.24) is 9.78 Å². The molecule has 0 spiro atoms. The van der Waals surface area contributed by atoms with Crippen molar-refractivity contribution in [3.8, 4) is 5.69 Å². The van der Waals surface area contributed by atoms with Crippen molar-refractivity contribution in [2.75, 3.05) is 23.3 Å². The normalized spacial score (nSPS) is 18.2. The number of anilines is 2. The van der Waals surface area contributed by atoms with E-state index in [1.165, 1.54) is 0 Å². The van der Waals surface area contributed by atoms with Gasteiger partial charge < -0.3 is 16.0 Å². The molecule has 0 bridgehead atoms. The predicted octanol–water partition coefficient (Wildman–Crippen LogP) is 3.05. The molecule has 1 saturated heterocycles. The van der Waals surface area contributed by atoms with Crippen molar-refractivity contribution in [2.45, 2.75) is 25.2 Å². The second-order valence-electron chi connectivity index (χ2n) is 7.87. The average molecular weight is 401 g/mol. The molecular weight excluding hydrogens is 378 g/mol. The maximum Gasteiger partial charge on any atom is 0.250 e. The zero-order chi connectivity index (χ0) is 20.7. The highest BCUT2D eigenvalue weighted by molar-refractivity contribution is 6.03. The molecule has 3 aromatic rings. The van der Waals surface area contributed by atoms with Crippen LogP contribution in [0.5, 0.6) is 0 Å². The quantitative estimate of drug-likeness (QED) is 0.703. The van der Waals surface area contributed by atoms with Gasteiger partial charge in [-0.2, -0.15) is 5.10 Å². The molecule has 0 saturated carbocycles. The second kappa shape index (κ2) is 7.33. The van der Waals surface area contributed by atoms with E-state index in [2.05, 4.69) is 15.3 Å². The van der Waals surface area contributed by atoms with Gasteiger partial charge in [0.05, 0.1) is 16.9 Å². The third-order valence-electron chi connectivity index (χ3n) is 5.96. The Morgan fingerprint density at radius 1 is 1.13 bits per heavy atom. The van der Waals surface area contributed by atoms with Gasteiger partial charge in [-0.25, -0.2) is 4.68 Å². The number of benzene rings is 2. The fraction of sp³-hybridized carbons (Fsp3) is 0.261. The average Bonchev–Trinajstić information content (AvgIpc) is 3.46. The maximum absolute atomic E-state index is 12.5. The maximum atomic E-state index is 12.5. The summed E-state index contributed by atoms with van der Waals surface area (Å²) in [5, 5.41) is 7.29. The van der Waals surface area contributed by atoms with Crippen LogP contribution in [-0.2, 0) is 4.79 Å². The summed E-state index contributed by atoms with van der Waals surface area (Å²) in [6.07, 6.45) is 6.11. The number of nitrogens with zero attached hydrogens (tertiary/aromatic N) is 3. The number of hydrogen-bond donors (Lipinski definition) is 2. The van der Waals surface area contributed by atoms with Crippen molar-refractivity contribution in [1.29, 1.82) is 0 Å². The zero-order valence-corrected chi connectivity index (χ0v) is 16.5. The van der Waals surface area contributed by atoms with Gasteiger partial charge in [-0.15, -0.1) is 0 Å². The highest BCUT2D eigenvalue weighted by atomic mass is 16.2. The van der Waals surface area contributed by atoms with Crippen LogP contribution in [0.25, 0.3) is 5.69 Å². The summed E-state index contributed by atoms with van der Waals surface area (Å²) in [6, 6.07) is 13.7. The Hall–Kier alpha value is -3.61. The Labute approximate surface area is 174 Å². The van der Waals surface area contributed by atoms with Crippen LogP contribution in [0.2, 0.25) is 0 Å². The van der Waals surface area contributed by atoms with Crippen molar-refractivity contribution < 1.29 is 9.59 Å². The number of primary amides is 1. The van der Waals surface area contributed by atoms with Crippen LogP contribution in [0.4, 0.5) is 11.4 Å². The Kier molecular flexibility index (Phi) is 4.50. The van der Waals surface area contributed by atoms with E-state index in [1.54, 1.807) is 10.9 Å². The molecule has 2 aromatic carbocycles. The standard InChI is InChI=1S/C23H23N5O2/c24-23(30)19-12-18-17(15-5-3-6-16(11-15)28-10-4-7-25-28)13-22(29)26-20(18)14-21(19)27-8-1-2-9-27/h3-7,10-12,14,17H,1-2,8-9,13H2,(H2,24,30)(H,26,29). The molecule has 5 rings (SSSR count). The van der Waals surface area contributed by atoms with Crippen molar-refractivity contribution in [3.05, 3.63) is 71.5 Å². The van der Waals surface area contributed by atoms with Crippen LogP contribution in [-0.4, -0.2) is 34.7 Å². The lowest BCUT2D eigenvalue weighted by Crippen LogP contribution is -2.27. The number of nitrogens with one attached hydrogen (secondary N) is 1. The minimum Gasteiger partial charge on any atom is -0.371 e. The summed E-state index contributed by atoms with van der Waals surface area (Å²) < 4.78 is 1.79. The number of nitrogens with two attached hydrogens (primary N) is 1. The molecule has 7 nitrogen and oxygen atoms in total. The first-order valence-corrected chi connectivity index (χ1v) is 10.2. The molecule has 2 aliphatic heterocycles. The van der Waals surface area contributed by atoms with Gasteiger partial charge in [-0.3, -0.25) is 9.59 Å². The van der Waals surface area contributed by atoms with E-state index in [4.69, 9.17) is 5.73 Å². The number of carbonyl (C=O) groups excluding carboxylic acids is 2. The fourth-order valence-electron chi connectivity index (χ4n) is 4.52. The van der Waals surface area contributed by atoms with Gasteiger partial charge in [0, 0.05) is 43.5 Å². The van der Waals surface area contributed by atoms with Gasteiger partial charge in [0.25, 0.3) is 5.91 Å². The van der Waals surface area contributed by atoms with E-state index in [0.29, 0.717) is 12.0 Å². The molecule has 7 heteroatoms. The first kappa shape index (κ1) is 18.4. The van der Waals surface area contributed by atoms with E-state index in [-0.39, 0.29) is 11.8 Å². The van der Waals surface area contributed by atoms with E-state index < -0.39 is 5.91 Å². The van der Waals surface area contributed by atoms with Crippen molar-refractivity contribution in [3.63, 3.8) is 0 Å². The summed E-state index contributed by atoms with van der Waals surface area (Å²) in [5.41, 5.74) is 10.7. The molecule has 30 heavy (non-hydrogen) atoms. The summed E-state index contributed by atoms with van der Waals surface area (Å²) in [7, 11) is 0. The lowest BCUT2D eigenvalue weighted by Gasteiger charge is -2.29. The number of rotatable bonds is 4. The van der Waals surface area contributed by atoms with Crippen LogP contribution in [0.3, 0.4) is 0 Å². The molecule has 152 valence electrons. The molecule has 2 aliphatic rings. The summed E-state index contributed by atoms with van der Waals surface area (Å²) in [4.78, 5) is 27.0. The van der Waals surface area contributed by atoms with Crippen LogP contribution in [0, 0.1) is 0 Å². The van der Waals surface area contributed by atoms with Gasteiger partial charge in [-0.05, 0) is 54.3 Å². The number of aromatic nitrogens is 2. The van der Waals surface area contributed by atoms with Gasteiger partial charge in [0.1, 0.15) is 0 Å². The largest absolute Gasteiger partial charge is 0.371 e. The molecule has 0 aliphatic carbocycles. The summed E-state index contributed by atoms with van der Waals surface area (Å²) in [5.74, 6) is -0.633. The Bertz CT molecular complexity index is 1120. The lowest BCUT2D eigenvalue weighted by molar-refractivity contribution is -0.116. The highest BCUT2D eigenvalue weighted by Crippen LogP contribution is 2.41. The summed E-state index contributed by atoms with van der Waals surface area (Å²) >= 11 is 0. The van der Waals surface area contributed by atoms with Gasteiger partial charge >= 0.3 is 0 Å². The molecule has 0 radical (unpaired) electrons. The number of fused-ring (bicyclic) bond motifs is 1. The van der Waals surface area contributed by atoms with Crippen LogP contribution in [0.1, 0.15) is 46.7 Å². The minimum absolute atomic E-state index is 0.0313. The molecule has 1 unspecified atom stereocenters. The number of amides is 2. The SMILES string of the molecule is NC(=O)c1cc2c(cc1N1CCCC1)NC(=O)CC2c1cccc(-n2cccn2)c1. The number of hydrogen-bond acceptors (Lipinski definition) is 4. The molecule has 3 heterocycles. The lowest BCUT2D eigenvalue weighted by atomic mass is 9.83.